The number of aryl methyl sites for hydroxylation is 2. The molecule has 5 aromatic carbocycles. The fraction of sp³-hybridized carbons (Fsp3) is 0.171. The van der Waals surface area contributed by atoms with Gasteiger partial charge in [0.25, 0.3) is 30.4 Å². The Morgan fingerprint density at radius 1 is 0.738 bits per heavy atom. The van der Waals surface area contributed by atoms with Gasteiger partial charge >= 0.3 is 0 Å². The third kappa shape index (κ3) is 11.4. The Labute approximate surface area is 380 Å². The van der Waals surface area contributed by atoms with Gasteiger partial charge in [-0.2, -0.15) is 50.4 Å². The molecule has 0 aliphatic heterocycles. The zero-order valence-electron chi connectivity index (χ0n) is 33.2. The highest BCUT2D eigenvalue weighted by molar-refractivity contribution is 7.86. The molecule has 65 heavy (non-hydrogen) atoms. The molecule has 1 aromatic heterocycles. The highest BCUT2D eigenvalue weighted by Gasteiger charge is 2.25. The second kappa shape index (κ2) is 19.4. The minimum atomic E-state index is -4.91. The average Bonchev–Trinajstić information content (AvgIpc) is 3.18. The molecule has 6 aromatic rings. The van der Waals surface area contributed by atoms with E-state index in [-0.39, 0.29) is 80.2 Å². The lowest BCUT2D eigenvalue weighted by molar-refractivity contribution is 0.210. The normalized spacial score (nSPS) is 13.0. The highest BCUT2D eigenvalue weighted by atomic mass is 35.5. The summed E-state index contributed by atoms with van der Waals surface area (Å²) >= 11 is 9.94. The predicted molar refractivity (Wildman–Crippen MR) is 237 cm³/mol. The van der Waals surface area contributed by atoms with Gasteiger partial charge in [0.1, 0.15) is 32.9 Å². The molecule has 0 fully saturated rings. The number of phenols is 2. The fourth-order valence-electron chi connectivity index (χ4n) is 6.16. The topological polar surface area (TPSA) is 363 Å². The first-order valence-electron chi connectivity index (χ1n) is 17.8. The number of aromatic hydroxyl groups is 2. The fourth-order valence-corrected chi connectivity index (χ4v) is 8.86. The smallest absolute Gasteiger partial charge is 0.296 e. The van der Waals surface area contributed by atoms with Crippen molar-refractivity contribution in [3.63, 3.8) is 0 Å². The number of azo groups is 2. The summed E-state index contributed by atoms with van der Waals surface area (Å²) in [6.07, 6.45) is 0. The number of hydrogen-bond acceptors (Lipinski definition) is 21. The van der Waals surface area contributed by atoms with E-state index in [0.29, 0.717) is 5.56 Å². The van der Waals surface area contributed by atoms with Crippen LogP contribution in [-0.2, 0) is 50.5 Å². The Morgan fingerprint density at radius 2 is 1.35 bits per heavy atom. The molecule has 0 aliphatic carbocycles. The molecule has 0 saturated carbocycles. The maximum Gasteiger partial charge on any atom is 0.296 e. The zero-order chi connectivity index (χ0) is 47.6. The molecule has 30 heteroatoms. The summed E-state index contributed by atoms with van der Waals surface area (Å²) in [4.78, 5) is 15.6. The third-order valence-electron chi connectivity index (χ3n) is 8.73. The molecule has 0 amide bonds. The Bertz CT molecular complexity index is 3330. The minimum absolute atomic E-state index is 0.00604. The van der Waals surface area contributed by atoms with Gasteiger partial charge in [-0.1, -0.05) is 17.7 Å². The summed E-state index contributed by atoms with van der Waals surface area (Å²) in [5.74, 6) is -2.11. The molecule has 1 atom stereocenters. The van der Waals surface area contributed by atoms with Crippen LogP contribution in [0, 0.1) is 13.8 Å². The van der Waals surface area contributed by atoms with Crippen LogP contribution in [0.15, 0.2) is 89.7 Å². The summed E-state index contributed by atoms with van der Waals surface area (Å²) in [5, 5.41) is 43.4. The van der Waals surface area contributed by atoms with E-state index in [9.17, 15) is 53.3 Å². The first kappa shape index (κ1) is 48.7. The largest absolute Gasteiger partial charge is 0.505 e. The molecule has 0 bridgehead atoms. The maximum absolute atomic E-state index is 12.4. The molecule has 1 unspecified atom stereocenters. The molecule has 0 spiro atoms. The van der Waals surface area contributed by atoms with Gasteiger partial charge in [-0.05, 0) is 95.9 Å². The van der Waals surface area contributed by atoms with E-state index in [0.717, 1.165) is 30.3 Å². The first-order chi connectivity index (χ1) is 30.5. The van der Waals surface area contributed by atoms with E-state index in [1.807, 2.05) is 0 Å². The number of anilines is 5. The number of nitrogens with zero attached hydrogens (tertiary/aromatic N) is 7. The van der Waals surface area contributed by atoms with Gasteiger partial charge in [0.15, 0.2) is 22.6 Å². The molecule has 0 radical (unpaired) electrons. The van der Waals surface area contributed by atoms with Gasteiger partial charge in [0, 0.05) is 17.8 Å². The first-order valence-corrected chi connectivity index (χ1v) is 24.3. The van der Waals surface area contributed by atoms with E-state index < -0.39 is 84.3 Å². The number of fused-ring (bicyclic) bond motifs is 2. The summed E-state index contributed by atoms with van der Waals surface area (Å²) in [5.41, 5.74) is 1.83. The van der Waals surface area contributed by atoms with Crippen molar-refractivity contribution in [2.24, 2.45) is 20.5 Å². The van der Waals surface area contributed by atoms with Crippen LogP contribution in [-0.4, -0.2) is 93.8 Å². The summed E-state index contributed by atoms with van der Waals surface area (Å²) < 4.78 is 120. The summed E-state index contributed by atoms with van der Waals surface area (Å²) in [6.45, 7) is 2.95. The Hall–Kier alpha value is -5.79. The van der Waals surface area contributed by atoms with Crippen molar-refractivity contribution in [2.45, 2.75) is 28.5 Å². The molecular weight excluding hydrogens is 984 g/mol. The van der Waals surface area contributed by atoms with Gasteiger partial charge < -0.3 is 20.8 Å². The lowest BCUT2D eigenvalue weighted by Crippen LogP contribution is -2.11. The standard InChI is InChI=1S/C35H32Cl2N10O14S4/c1-16-8-18-12-26(65(57,58)59)30(45-38-3)32(49)27(18)23(9-16)39-34-41-33(37)42-35(43-34)40-24-14-21(63(51,52)53)11-19-10-17(2)29(31(48)28(19)24)46-44-22-13-20(4-5-25(22)64(54,55)56)47-60-6-7-62(50)61-15-36/h4-5,8-14,47-49H,6-7,15H2,1-3H3,(H,51,52,53)(H,54,55,56)(H,57,58,59)(H2,39,40,41,42,43). The van der Waals surface area contributed by atoms with Crippen molar-refractivity contribution in [2.75, 3.05) is 41.6 Å². The summed E-state index contributed by atoms with van der Waals surface area (Å²) in [6, 6.07) is 10.5. The van der Waals surface area contributed by atoms with Crippen LogP contribution in [0.2, 0.25) is 5.28 Å². The van der Waals surface area contributed by atoms with E-state index in [2.05, 4.69) is 51.5 Å². The van der Waals surface area contributed by atoms with Gasteiger partial charge in [-0.25, -0.2) is 4.21 Å². The molecule has 0 saturated heterocycles. The molecule has 8 N–H and O–H groups in total. The molecule has 1 heterocycles. The van der Waals surface area contributed by atoms with Crippen LogP contribution in [0.3, 0.4) is 0 Å². The number of halogens is 2. The van der Waals surface area contributed by atoms with Crippen LogP contribution in [0.25, 0.3) is 21.5 Å². The average molecular weight is 1020 g/mol. The lowest BCUT2D eigenvalue weighted by atomic mass is 10.0. The Kier molecular flexibility index (Phi) is 14.5. The molecular formula is C35H32Cl2N10O14S4. The number of benzene rings is 5. The third-order valence-corrected chi connectivity index (χ3v) is 12.6. The zero-order valence-corrected chi connectivity index (χ0v) is 38.0. The van der Waals surface area contributed by atoms with E-state index in [1.165, 1.54) is 38.2 Å². The molecule has 0 aliphatic rings. The molecule has 344 valence electrons. The SMILES string of the molecule is CN=Nc1c(S(=O)(=O)O)cc2cc(C)cc(Nc3nc(Cl)nc(Nc4cc(S(=O)(=O)O)cc5cc(C)c(N=Nc6cc(NOCCS(=O)OCCl)ccc6S(=O)(=O)O)c(O)c45)n3)c2c1O. The maximum atomic E-state index is 12.4. The summed E-state index contributed by atoms with van der Waals surface area (Å²) in [7, 11) is -13.5. The monoisotopic (exact) mass is 1010 g/mol. The molecule has 6 rings (SSSR count). The van der Waals surface area contributed by atoms with E-state index in [4.69, 9.17) is 32.2 Å². The van der Waals surface area contributed by atoms with Crippen molar-refractivity contribution in [1.29, 1.82) is 0 Å². The van der Waals surface area contributed by atoms with Crippen LogP contribution in [0.5, 0.6) is 11.5 Å². The van der Waals surface area contributed by atoms with Gasteiger partial charge in [0.05, 0.1) is 34.3 Å². The highest BCUT2D eigenvalue weighted by Crippen LogP contribution is 2.46. The van der Waals surface area contributed by atoms with Crippen molar-refractivity contribution < 1.29 is 62.4 Å². The minimum Gasteiger partial charge on any atom is -0.505 e. The number of nitrogens with one attached hydrogen (secondary N) is 3. The van der Waals surface area contributed by atoms with Crippen LogP contribution < -0.4 is 16.1 Å². The second-order valence-electron chi connectivity index (χ2n) is 13.2. The van der Waals surface area contributed by atoms with Crippen LogP contribution in [0.4, 0.5) is 46.0 Å². The second-order valence-corrected chi connectivity index (χ2v) is 19.2. The van der Waals surface area contributed by atoms with Crippen LogP contribution in [0.1, 0.15) is 11.1 Å². The number of aromatic nitrogens is 3. The van der Waals surface area contributed by atoms with Gasteiger partial charge in [-0.15, -0.1) is 10.2 Å². The van der Waals surface area contributed by atoms with E-state index >= 15 is 0 Å². The van der Waals surface area contributed by atoms with E-state index in [1.54, 1.807) is 6.92 Å². The quantitative estimate of drug-likeness (QED) is 0.0145. The van der Waals surface area contributed by atoms with Crippen LogP contribution >= 0.6 is 23.2 Å². The predicted octanol–water partition coefficient (Wildman–Crippen LogP) is 7.44. The van der Waals surface area contributed by atoms with Crippen molar-refractivity contribution in [3.05, 3.63) is 71.0 Å². The van der Waals surface area contributed by atoms with Crippen molar-refractivity contribution in [1.82, 2.24) is 15.0 Å². The number of hydrogen-bond donors (Lipinski definition) is 8. The van der Waals surface area contributed by atoms with Crippen molar-refractivity contribution in [3.8, 4) is 11.5 Å². The number of alkyl halides is 1. The Balaban J connectivity index is 1.42. The van der Waals surface area contributed by atoms with Gasteiger partial charge in [0.2, 0.25) is 17.2 Å². The van der Waals surface area contributed by atoms with Crippen molar-refractivity contribution >= 4 is 132 Å². The number of rotatable bonds is 17. The Morgan fingerprint density at radius 3 is 1.95 bits per heavy atom. The number of phenolic OH excluding ortho intramolecular Hbond substituents is 2. The van der Waals surface area contributed by atoms with Gasteiger partial charge in [-0.3, -0.25) is 28.2 Å². The lowest BCUT2D eigenvalue weighted by Gasteiger charge is -2.16. The molecule has 24 nitrogen and oxygen atoms in total.